The first-order valence-corrected chi connectivity index (χ1v) is 5.80. The summed E-state index contributed by atoms with van der Waals surface area (Å²) in [5.41, 5.74) is 6.64. The number of thiazole rings is 1. The lowest BCUT2D eigenvalue weighted by atomic mass is 10.1. The van der Waals surface area contributed by atoms with Gasteiger partial charge in [0.2, 0.25) is 0 Å². The van der Waals surface area contributed by atoms with Crippen LogP contribution in [0.3, 0.4) is 0 Å². The normalized spacial score (nSPS) is 10.1. The van der Waals surface area contributed by atoms with Crippen LogP contribution in [0.25, 0.3) is 0 Å². The summed E-state index contributed by atoms with van der Waals surface area (Å²) in [4.78, 5) is 15.0. The average Bonchev–Trinajstić information content (AvgIpc) is 2.80. The predicted molar refractivity (Wildman–Crippen MR) is 67.3 cm³/mol. The first-order valence-electron chi connectivity index (χ1n) is 4.92. The third-order valence-electron chi connectivity index (χ3n) is 2.21. The lowest BCUT2D eigenvalue weighted by Crippen LogP contribution is -2.05. The lowest BCUT2D eigenvalue weighted by molar-refractivity contribution is 0.0698. The van der Waals surface area contributed by atoms with Crippen LogP contribution in [0.15, 0.2) is 29.8 Å². The molecule has 0 aliphatic carbocycles. The monoisotopic (exact) mass is 249 g/mol. The minimum Gasteiger partial charge on any atom is -0.478 e. The molecule has 1 heterocycles. The summed E-state index contributed by atoms with van der Waals surface area (Å²) < 4.78 is 0. The maximum absolute atomic E-state index is 10.9. The Bertz CT molecular complexity index is 526. The molecule has 0 spiro atoms. The highest BCUT2D eigenvalue weighted by Gasteiger charge is 2.08. The van der Waals surface area contributed by atoms with E-state index in [4.69, 9.17) is 10.8 Å². The van der Waals surface area contributed by atoms with Crippen LogP contribution in [0.2, 0.25) is 0 Å². The van der Waals surface area contributed by atoms with Gasteiger partial charge < -0.3 is 16.2 Å². The highest BCUT2D eigenvalue weighted by atomic mass is 32.1. The number of benzene rings is 1. The van der Waals surface area contributed by atoms with Crippen LogP contribution in [0, 0.1) is 0 Å². The molecular weight excluding hydrogens is 238 g/mol. The second-order valence-corrected chi connectivity index (χ2v) is 4.37. The van der Waals surface area contributed by atoms with Crippen molar-refractivity contribution in [2.24, 2.45) is 0 Å². The van der Waals surface area contributed by atoms with E-state index in [-0.39, 0.29) is 11.3 Å². The van der Waals surface area contributed by atoms with Gasteiger partial charge in [0.15, 0.2) is 0 Å². The van der Waals surface area contributed by atoms with Crippen molar-refractivity contribution in [2.75, 3.05) is 11.1 Å². The molecule has 0 unspecified atom stereocenters. The summed E-state index contributed by atoms with van der Waals surface area (Å²) in [6.07, 6.45) is 1.73. The van der Waals surface area contributed by atoms with Gasteiger partial charge in [0, 0.05) is 23.0 Å². The van der Waals surface area contributed by atoms with Gasteiger partial charge in [-0.3, -0.25) is 0 Å². The van der Waals surface area contributed by atoms with E-state index < -0.39 is 5.97 Å². The van der Waals surface area contributed by atoms with E-state index in [0.717, 1.165) is 5.01 Å². The SMILES string of the molecule is Nc1ccc(NCc2nccs2)cc1C(=O)O. The smallest absolute Gasteiger partial charge is 0.337 e. The average molecular weight is 249 g/mol. The number of nitrogens with two attached hydrogens (primary N) is 1. The molecule has 17 heavy (non-hydrogen) atoms. The molecule has 4 N–H and O–H groups in total. The molecule has 0 aliphatic rings. The molecule has 1 aromatic carbocycles. The third-order valence-corrected chi connectivity index (χ3v) is 2.99. The topological polar surface area (TPSA) is 88.2 Å². The molecule has 0 atom stereocenters. The van der Waals surface area contributed by atoms with Crippen molar-refractivity contribution in [3.05, 3.63) is 40.3 Å². The number of aromatic nitrogens is 1. The molecule has 0 saturated heterocycles. The summed E-state index contributed by atoms with van der Waals surface area (Å²) in [5, 5.41) is 14.9. The number of carboxylic acids is 1. The maximum atomic E-state index is 10.9. The molecule has 5 nitrogen and oxygen atoms in total. The molecule has 0 amide bonds. The zero-order valence-corrected chi connectivity index (χ0v) is 9.70. The molecular formula is C11H11N3O2S. The molecule has 0 bridgehead atoms. The summed E-state index contributed by atoms with van der Waals surface area (Å²) >= 11 is 1.54. The van der Waals surface area contributed by atoms with E-state index in [2.05, 4.69) is 10.3 Å². The summed E-state index contributed by atoms with van der Waals surface area (Å²) in [5.74, 6) is -1.03. The van der Waals surface area contributed by atoms with Crippen LogP contribution >= 0.6 is 11.3 Å². The summed E-state index contributed by atoms with van der Waals surface area (Å²) in [6, 6.07) is 4.84. The van der Waals surface area contributed by atoms with Crippen molar-refractivity contribution in [1.82, 2.24) is 4.98 Å². The Morgan fingerprint density at radius 2 is 2.35 bits per heavy atom. The molecule has 0 radical (unpaired) electrons. The molecule has 2 rings (SSSR count). The number of hydrogen-bond acceptors (Lipinski definition) is 5. The Balaban J connectivity index is 2.11. The second kappa shape index (κ2) is 4.84. The molecule has 0 saturated carbocycles. The van der Waals surface area contributed by atoms with Crippen LogP contribution in [0.5, 0.6) is 0 Å². The van der Waals surface area contributed by atoms with Crippen LogP contribution in [-0.2, 0) is 6.54 Å². The van der Waals surface area contributed by atoms with E-state index in [1.54, 1.807) is 29.7 Å². The van der Waals surface area contributed by atoms with E-state index in [1.807, 2.05) is 5.38 Å². The minimum absolute atomic E-state index is 0.106. The highest BCUT2D eigenvalue weighted by molar-refractivity contribution is 7.09. The van der Waals surface area contributed by atoms with Crippen molar-refractivity contribution in [2.45, 2.75) is 6.54 Å². The van der Waals surface area contributed by atoms with E-state index in [1.165, 1.54) is 6.07 Å². The fraction of sp³-hybridized carbons (Fsp3) is 0.0909. The number of hydrogen-bond donors (Lipinski definition) is 3. The van der Waals surface area contributed by atoms with Crippen LogP contribution in [-0.4, -0.2) is 16.1 Å². The molecule has 2 aromatic rings. The van der Waals surface area contributed by atoms with Gasteiger partial charge >= 0.3 is 5.97 Å². The zero-order chi connectivity index (χ0) is 12.3. The van der Waals surface area contributed by atoms with Crippen molar-refractivity contribution >= 4 is 28.7 Å². The fourth-order valence-corrected chi connectivity index (χ4v) is 1.93. The van der Waals surface area contributed by atoms with Gasteiger partial charge in [0.1, 0.15) is 5.01 Å². The Kier molecular flexibility index (Phi) is 3.24. The number of aromatic carboxylic acids is 1. The lowest BCUT2D eigenvalue weighted by Gasteiger charge is -2.07. The highest BCUT2D eigenvalue weighted by Crippen LogP contribution is 2.18. The third kappa shape index (κ3) is 2.73. The van der Waals surface area contributed by atoms with Gasteiger partial charge in [-0.15, -0.1) is 11.3 Å². The van der Waals surface area contributed by atoms with Crippen LogP contribution in [0.4, 0.5) is 11.4 Å². The summed E-state index contributed by atoms with van der Waals surface area (Å²) in [7, 11) is 0. The van der Waals surface area contributed by atoms with Gasteiger partial charge in [-0.05, 0) is 18.2 Å². The van der Waals surface area contributed by atoms with Gasteiger partial charge in [0.05, 0.1) is 12.1 Å². The zero-order valence-electron chi connectivity index (χ0n) is 8.88. The fourth-order valence-electron chi connectivity index (χ4n) is 1.37. The second-order valence-electron chi connectivity index (χ2n) is 3.39. The quantitative estimate of drug-likeness (QED) is 0.721. The van der Waals surface area contributed by atoms with E-state index in [9.17, 15) is 4.79 Å². The molecule has 1 aromatic heterocycles. The first kappa shape index (κ1) is 11.4. The Morgan fingerprint density at radius 1 is 1.53 bits per heavy atom. The van der Waals surface area contributed by atoms with Gasteiger partial charge in [-0.1, -0.05) is 0 Å². The van der Waals surface area contributed by atoms with Crippen molar-refractivity contribution < 1.29 is 9.90 Å². The van der Waals surface area contributed by atoms with Crippen molar-refractivity contribution in [1.29, 1.82) is 0 Å². The molecule has 0 aliphatic heterocycles. The van der Waals surface area contributed by atoms with Crippen LogP contribution < -0.4 is 11.1 Å². The maximum Gasteiger partial charge on any atom is 0.337 e. The van der Waals surface area contributed by atoms with Gasteiger partial charge in [-0.2, -0.15) is 0 Å². The number of carbonyl (C=O) groups is 1. The Morgan fingerprint density at radius 3 is 3.00 bits per heavy atom. The van der Waals surface area contributed by atoms with Crippen molar-refractivity contribution in [3.8, 4) is 0 Å². The van der Waals surface area contributed by atoms with E-state index >= 15 is 0 Å². The number of nitrogen functional groups attached to an aromatic ring is 1. The Hall–Kier alpha value is -2.08. The summed E-state index contributed by atoms with van der Waals surface area (Å²) in [6.45, 7) is 0.570. The van der Waals surface area contributed by atoms with Crippen LogP contribution in [0.1, 0.15) is 15.4 Å². The molecule has 0 fully saturated rings. The first-order chi connectivity index (χ1) is 8.16. The Labute approximate surface area is 102 Å². The number of nitrogens with zero attached hydrogens (tertiary/aromatic N) is 1. The molecule has 6 heteroatoms. The van der Waals surface area contributed by atoms with E-state index in [0.29, 0.717) is 12.2 Å². The standard InChI is InChI=1S/C11H11N3O2S/c12-9-2-1-7(5-8(9)11(15)16)14-6-10-13-3-4-17-10/h1-5,14H,6,12H2,(H,15,16). The number of rotatable bonds is 4. The minimum atomic E-state index is -1.03. The predicted octanol–water partition coefficient (Wildman–Crippen LogP) is 2.04. The van der Waals surface area contributed by atoms with Gasteiger partial charge in [-0.25, -0.2) is 9.78 Å². The van der Waals surface area contributed by atoms with Gasteiger partial charge in [0.25, 0.3) is 0 Å². The molecule has 88 valence electrons. The van der Waals surface area contributed by atoms with Crippen molar-refractivity contribution in [3.63, 3.8) is 0 Å². The number of nitrogens with one attached hydrogen (secondary N) is 1. The largest absolute Gasteiger partial charge is 0.478 e. The number of anilines is 2. The number of carboxylic acid groups (broad SMARTS) is 1.